The van der Waals surface area contributed by atoms with Crippen LogP contribution in [0.2, 0.25) is 0 Å². The molecular formula is C43H44N4O. The summed E-state index contributed by atoms with van der Waals surface area (Å²) in [5, 5.41) is 7.23. The summed E-state index contributed by atoms with van der Waals surface area (Å²) in [6.45, 7) is 15.9. The predicted molar refractivity (Wildman–Crippen MR) is 199 cm³/mol. The van der Waals surface area contributed by atoms with E-state index < -0.39 is 0 Å². The van der Waals surface area contributed by atoms with Crippen LogP contribution in [0.3, 0.4) is 0 Å². The van der Waals surface area contributed by atoms with Crippen molar-refractivity contribution in [3.05, 3.63) is 131 Å². The van der Waals surface area contributed by atoms with Gasteiger partial charge in [-0.2, -0.15) is 5.10 Å². The normalized spacial score (nSPS) is 11.8. The number of nitrogens with zero attached hydrogens (tertiary/aromatic N) is 4. The highest BCUT2D eigenvalue weighted by atomic mass is 16.5. The molecule has 0 fully saturated rings. The molecule has 0 atom stereocenters. The quantitative estimate of drug-likeness (QED) is 0.159. The molecule has 5 heteroatoms. The molecule has 7 rings (SSSR count). The molecule has 0 bridgehead atoms. The molecule has 0 radical (unpaired) electrons. The molecule has 0 aliphatic rings. The molecule has 0 unspecified atom stereocenters. The van der Waals surface area contributed by atoms with Crippen LogP contribution in [0.25, 0.3) is 44.4 Å². The molecule has 5 nitrogen and oxygen atoms in total. The number of fused-ring (bicyclic) bond motifs is 3. The highest BCUT2D eigenvalue weighted by molar-refractivity contribution is 6.09. The zero-order valence-electron chi connectivity index (χ0n) is 29.1. The van der Waals surface area contributed by atoms with E-state index in [1.165, 1.54) is 44.2 Å². The van der Waals surface area contributed by atoms with Gasteiger partial charge in [-0.1, -0.05) is 71.9 Å². The Hall–Kier alpha value is -5.16. The fourth-order valence-corrected chi connectivity index (χ4v) is 7.30. The maximum atomic E-state index is 6.53. The third-order valence-electron chi connectivity index (χ3n) is 9.50. The summed E-state index contributed by atoms with van der Waals surface area (Å²) in [4.78, 5) is 4.73. The largest absolute Gasteiger partial charge is 0.457 e. The Morgan fingerprint density at radius 3 is 2.29 bits per heavy atom. The van der Waals surface area contributed by atoms with Gasteiger partial charge in [0.2, 0.25) is 0 Å². The van der Waals surface area contributed by atoms with Crippen LogP contribution >= 0.6 is 0 Å². The first-order valence-corrected chi connectivity index (χ1v) is 17.2. The predicted octanol–water partition coefficient (Wildman–Crippen LogP) is 11.5. The summed E-state index contributed by atoms with van der Waals surface area (Å²) >= 11 is 0. The van der Waals surface area contributed by atoms with Crippen LogP contribution in [0.1, 0.15) is 81.2 Å². The zero-order chi connectivity index (χ0) is 33.5. The molecule has 7 aromatic rings. The van der Waals surface area contributed by atoms with Crippen LogP contribution in [0.4, 0.5) is 0 Å². The lowest BCUT2D eigenvalue weighted by atomic mass is 9.79. The third-order valence-corrected chi connectivity index (χ3v) is 9.50. The monoisotopic (exact) mass is 632 g/mol. The number of pyridine rings is 1. The molecule has 0 aliphatic carbocycles. The number of hydrogen-bond donors (Lipinski definition) is 0. The van der Waals surface area contributed by atoms with Gasteiger partial charge in [0.05, 0.1) is 22.9 Å². The first-order valence-electron chi connectivity index (χ1n) is 17.2. The first-order chi connectivity index (χ1) is 23.3. The number of benzene rings is 4. The number of rotatable bonds is 9. The van der Waals surface area contributed by atoms with Crippen molar-refractivity contribution in [1.29, 1.82) is 0 Å². The van der Waals surface area contributed by atoms with Gasteiger partial charge in [-0.05, 0) is 107 Å². The van der Waals surface area contributed by atoms with Crippen molar-refractivity contribution in [2.75, 3.05) is 0 Å². The van der Waals surface area contributed by atoms with E-state index in [9.17, 15) is 0 Å². The average Bonchev–Trinajstić information content (AvgIpc) is 3.70. The van der Waals surface area contributed by atoms with Crippen molar-refractivity contribution in [3.63, 3.8) is 0 Å². The molecule has 0 saturated carbocycles. The van der Waals surface area contributed by atoms with Crippen molar-refractivity contribution in [1.82, 2.24) is 19.3 Å². The summed E-state index contributed by atoms with van der Waals surface area (Å²) in [5.74, 6) is 3.24. The number of aryl methyl sites for hydroxylation is 2. The molecule has 0 aliphatic heterocycles. The standard InChI is InChI=1S/C43H44N4O/c1-8-30-22-38(27(3)4)43(42(28(5)6)35(30)9-2)31-25-45-46(26-31)32-13-12-14-33(23-32)48-34-17-18-37-36-15-10-11-16-39(36)47(40(37)24-34)41-21-29(7)19-20-44-41/h10-28H,8-9H2,1-7H3. The fourth-order valence-electron chi connectivity index (χ4n) is 7.30. The van der Waals surface area contributed by atoms with Crippen LogP contribution in [-0.2, 0) is 12.8 Å². The van der Waals surface area contributed by atoms with Crippen LogP contribution in [0.5, 0.6) is 11.5 Å². The third kappa shape index (κ3) is 5.57. The Labute approximate surface area is 283 Å². The minimum absolute atomic E-state index is 0.409. The summed E-state index contributed by atoms with van der Waals surface area (Å²) in [7, 11) is 0. The minimum atomic E-state index is 0.409. The summed E-state index contributed by atoms with van der Waals surface area (Å²) < 4.78 is 10.7. The van der Waals surface area contributed by atoms with Gasteiger partial charge in [-0.25, -0.2) is 9.67 Å². The Kier molecular flexibility index (Phi) is 8.38. The van der Waals surface area contributed by atoms with Crippen LogP contribution in [0.15, 0.2) is 104 Å². The lowest BCUT2D eigenvalue weighted by Crippen LogP contribution is -2.08. The van der Waals surface area contributed by atoms with Crippen molar-refractivity contribution in [2.45, 2.75) is 73.1 Å². The minimum Gasteiger partial charge on any atom is -0.457 e. The maximum Gasteiger partial charge on any atom is 0.137 e. The molecule has 0 spiro atoms. The lowest BCUT2D eigenvalue weighted by molar-refractivity contribution is 0.483. The van der Waals surface area contributed by atoms with Crippen molar-refractivity contribution >= 4 is 21.8 Å². The molecule has 242 valence electrons. The van der Waals surface area contributed by atoms with Crippen LogP contribution < -0.4 is 4.74 Å². The highest BCUT2D eigenvalue weighted by Crippen LogP contribution is 2.41. The number of aromatic nitrogens is 4. The Balaban J connectivity index is 1.26. The van der Waals surface area contributed by atoms with E-state index in [2.05, 4.69) is 120 Å². The van der Waals surface area contributed by atoms with Crippen LogP contribution in [-0.4, -0.2) is 19.3 Å². The number of ether oxygens (including phenoxy) is 1. The van der Waals surface area contributed by atoms with Gasteiger partial charge in [0.1, 0.15) is 17.3 Å². The van der Waals surface area contributed by atoms with E-state index >= 15 is 0 Å². The maximum absolute atomic E-state index is 6.53. The average molecular weight is 633 g/mol. The second kappa shape index (κ2) is 12.8. The van der Waals surface area contributed by atoms with Gasteiger partial charge in [-0.15, -0.1) is 0 Å². The molecule has 0 amide bonds. The number of hydrogen-bond acceptors (Lipinski definition) is 3. The fraction of sp³-hybridized carbons (Fsp3) is 0.256. The van der Waals surface area contributed by atoms with E-state index in [0.717, 1.165) is 52.4 Å². The summed E-state index contributed by atoms with van der Waals surface area (Å²) in [5.41, 5.74) is 12.6. The van der Waals surface area contributed by atoms with Crippen molar-refractivity contribution in [3.8, 4) is 34.1 Å². The second-order valence-corrected chi connectivity index (χ2v) is 13.4. The van der Waals surface area contributed by atoms with E-state index in [-0.39, 0.29) is 0 Å². The Morgan fingerprint density at radius 1 is 0.750 bits per heavy atom. The smallest absolute Gasteiger partial charge is 0.137 e. The molecule has 0 N–H and O–H groups in total. The summed E-state index contributed by atoms with van der Waals surface area (Å²) in [6, 6.07) is 29.6. The molecule has 4 aromatic carbocycles. The second-order valence-electron chi connectivity index (χ2n) is 13.4. The van der Waals surface area contributed by atoms with Gasteiger partial charge in [0.25, 0.3) is 0 Å². The van der Waals surface area contributed by atoms with E-state index in [0.29, 0.717) is 11.8 Å². The van der Waals surface area contributed by atoms with Gasteiger partial charge >= 0.3 is 0 Å². The lowest BCUT2D eigenvalue weighted by Gasteiger charge is -2.25. The van der Waals surface area contributed by atoms with Gasteiger partial charge < -0.3 is 4.74 Å². The molecular weight excluding hydrogens is 589 g/mol. The summed E-state index contributed by atoms with van der Waals surface area (Å²) in [6.07, 6.45) is 8.15. The topological polar surface area (TPSA) is 44.9 Å². The van der Waals surface area contributed by atoms with Gasteiger partial charge in [0.15, 0.2) is 0 Å². The van der Waals surface area contributed by atoms with Gasteiger partial charge in [0, 0.05) is 40.9 Å². The Bertz CT molecular complexity index is 2270. The number of para-hydroxylation sites is 1. The highest BCUT2D eigenvalue weighted by Gasteiger charge is 2.23. The molecule has 0 saturated heterocycles. The Morgan fingerprint density at radius 2 is 1.54 bits per heavy atom. The SMILES string of the molecule is CCc1cc(C(C)C)c(-c2cnn(-c3cccc(Oc4ccc5c6ccccc6n(-c6cc(C)ccn6)c5c4)c3)c2)c(C(C)C)c1CC. The van der Waals surface area contributed by atoms with Crippen molar-refractivity contribution in [2.24, 2.45) is 0 Å². The van der Waals surface area contributed by atoms with Crippen molar-refractivity contribution < 1.29 is 4.74 Å². The first kappa shape index (κ1) is 31.4. The zero-order valence-corrected chi connectivity index (χ0v) is 29.1. The van der Waals surface area contributed by atoms with E-state index in [1.54, 1.807) is 0 Å². The molecule has 3 heterocycles. The van der Waals surface area contributed by atoms with E-state index in [1.807, 2.05) is 41.3 Å². The van der Waals surface area contributed by atoms with Gasteiger partial charge in [-0.3, -0.25) is 4.57 Å². The van der Waals surface area contributed by atoms with E-state index in [4.69, 9.17) is 14.8 Å². The van der Waals surface area contributed by atoms with Crippen LogP contribution in [0, 0.1) is 6.92 Å². The molecule has 3 aromatic heterocycles. The molecule has 48 heavy (non-hydrogen) atoms.